The first-order chi connectivity index (χ1) is 8.59. The van der Waals surface area contributed by atoms with Crippen molar-refractivity contribution < 1.29 is 4.74 Å². The summed E-state index contributed by atoms with van der Waals surface area (Å²) in [6.07, 6.45) is 8.65. The normalized spacial score (nSPS) is 39.3. The average Bonchev–Trinajstić information content (AvgIpc) is 2.38. The Morgan fingerprint density at radius 1 is 1.17 bits per heavy atom. The Balaban J connectivity index is 1.86. The zero-order valence-electron chi connectivity index (χ0n) is 12.7. The van der Waals surface area contributed by atoms with Crippen molar-refractivity contribution in [2.75, 3.05) is 6.61 Å². The summed E-state index contributed by atoms with van der Waals surface area (Å²) in [4.78, 5) is 0. The number of ether oxygens (including phenoxy) is 1. The smallest absolute Gasteiger partial charge is 0.0655 e. The summed E-state index contributed by atoms with van der Waals surface area (Å²) in [6, 6.07) is 1.42. The van der Waals surface area contributed by atoms with E-state index in [2.05, 4.69) is 33.0 Å². The van der Waals surface area contributed by atoms with Crippen molar-refractivity contribution in [2.24, 2.45) is 11.3 Å². The van der Waals surface area contributed by atoms with Gasteiger partial charge in [0.2, 0.25) is 0 Å². The maximum absolute atomic E-state index is 5.83. The molecular weight excluding hydrogens is 222 g/mol. The lowest BCUT2D eigenvalue weighted by molar-refractivity contribution is -0.118. The van der Waals surface area contributed by atoms with E-state index in [1.165, 1.54) is 38.5 Å². The van der Waals surface area contributed by atoms with Crippen LogP contribution in [0.25, 0.3) is 0 Å². The maximum atomic E-state index is 5.83. The molecule has 18 heavy (non-hydrogen) atoms. The van der Waals surface area contributed by atoms with Gasteiger partial charge < -0.3 is 10.1 Å². The molecule has 2 nitrogen and oxygen atoms in total. The molecule has 0 amide bonds. The molecule has 2 fully saturated rings. The predicted molar refractivity (Wildman–Crippen MR) is 76.8 cm³/mol. The van der Waals surface area contributed by atoms with E-state index in [1.807, 2.05) is 0 Å². The fraction of sp³-hybridized carbons (Fsp3) is 1.00. The average molecular weight is 253 g/mol. The molecule has 0 aromatic heterocycles. The number of hydrogen-bond acceptors (Lipinski definition) is 2. The highest BCUT2D eigenvalue weighted by atomic mass is 16.5. The lowest BCUT2D eigenvalue weighted by Gasteiger charge is -2.54. The first kappa shape index (κ1) is 14.3. The quantitative estimate of drug-likeness (QED) is 0.805. The van der Waals surface area contributed by atoms with Crippen LogP contribution in [0.3, 0.4) is 0 Å². The molecule has 0 aromatic rings. The van der Waals surface area contributed by atoms with E-state index >= 15 is 0 Å². The molecule has 0 aliphatic heterocycles. The van der Waals surface area contributed by atoms with Crippen molar-refractivity contribution in [2.45, 2.75) is 84.4 Å². The summed E-state index contributed by atoms with van der Waals surface area (Å²) < 4.78 is 5.83. The Morgan fingerprint density at radius 3 is 2.50 bits per heavy atom. The van der Waals surface area contributed by atoms with Crippen molar-refractivity contribution >= 4 is 0 Å². The van der Waals surface area contributed by atoms with E-state index in [0.717, 1.165) is 18.6 Å². The lowest BCUT2D eigenvalue weighted by atomic mass is 9.63. The molecule has 0 saturated heterocycles. The fourth-order valence-corrected chi connectivity index (χ4v) is 3.83. The molecule has 2 saturated carbocycles. The van der Waals surface area contributed by atoms with Crippen LogP contribution >= 0.6 is 0 Å². The molecule has 4 unspecified atom stereocenters. The summed E-state index contributed by atoms with van der Waals surface area (Å²) in [7, 11) is 0. The third-order valence-corrected chi connectivity index (χ3v) is 5.39. The Bertz CT molecular complexity index is 264. The third-order valence-electron chi connectivity index (χ3n) is 5.39. The molecule has 0 radical (unpaired) electrons. The molecule has 2 aliphatic rings. The van der Waals surface area contributed by atoms with E-state index in [-0.39, 0.29) is 0 Å². The van der Waals surface area contributed by atoms with E-state index in [1.54, 1.807) is 0 Å². The van der Waals surface area contributed by atoms with Crippen LogP contribution in [0, 0.1) is 11.3 Å². The van der Waals surface area contributed by atoms with Crippen LogP contribution in [0.1, 0.15) is 66.2 Å². The van der Waals surface area contributed by atoms with Gasteiger partial charge in [0.05, 0.1) is 6.10 Å². The minimum Gasteiger partial charge on any atom is -0.378 e. The first-order valence-corrected chi connectivity index (χ1v) is 7.97. The van der Waals surface area contributed by atoms with E-state index in [0.29, 0.717) is 17.6 Å². The van der Waals surface area contributed by atoms with Gasteiger partial charge in [-0.25, -0.2) is 0 Å². The Hall–Kier alpha value is -0.0800. The number of hydrogen-bond donors (Lipinski definition) is 1. The van der Waals surface area contributed by atoms with Gasteiger partial charge in [0, 0.05) is 24.1 Å². The van der Waals surface area contributed by atoms with Crippen LogP contribution in [0.15, 0.2) is 0 Å². The van der Waals surface area contributed by atoms with Gasteiger partial charge in [0.1, 0.15) is 0 Å². The largest absolute Gasteiger partial charge is 0.378 e. The number of rotatable bonds is 5. The SMILES string of the molecule is CCOC1CC(NC2CCCCC2CC)C1(C)C. The molecule has 2 aliphatic carbocycles. The fourth-order valence-electron chi connectivity index (χ4n) is 3.83. The van der Waals surface area contributed by atoms with Gasteiger partial charge in [0.25, 0.3) is 0 Å². The van der Waals surface area contributed by atoms with Crippen molar-refractivity contribution in [1.29, 1.82) is 0 Å². The van der Waals surface area contributed by atoms with Crippen LogP contribution in [-0.2, 0) is 4.74 Å². The summed E-state index contributed by atoms with van der Waals surface area (Å²) >= 11 is 0. The van der Waals surface area contributed by atoms with Crippen LogP contribution in [0.5, 0.6) is 0 Å². The molecule has 0 heterocycles. The third kappa shape index (κ3) is 2.75. The Morgan fingerprint density at radius 2 is 1.89 bits per heavy atom. The van der Waals surface area contributed by atoms with Gasteiger partial charge in [-0.05, 0) is 32.1 Å². The Labute approximate surface area is 113 Å². The van der Waals surface area contributed by atoms with E-state index < -0.39 is 0 Å². The maximum Gasteiger partial charge on any atom is 0.0655 e. The second-order valence-electron chi connectivity index (χ2n) is 6.78. The molecule has 1 N–H and O–H groups in total. The highest BCUT2D eigenvalue weighted by Crippen LogP contribution is 2.44. The van der Waals surface area contributed by atoms with Crippen LogP contribution in [0.2, 0.25) is 0 Å². The zero-order chi connectivity index (χ0) is 13.2. The monoisotopic (exact) mass is 253 g/mol. The molecule has 4 atom stereocenters. The Kier molecular flexibility index (Phi) is 4.71. The van der Waals surface area contributed by atoms with Gasteiger partial charge in [-0.2, -0.15) is 0 Å². The molecular formula is C16H31NO. The lowest BCUT2D eigenvalue weighted by Crippen LogP contribution is -2.63. The van der Waals surface area contributed by atoms with Crippen molar-refractivity contribution in [1.82, 2.24) is 5.32 Å². The van der Waals surface area contributed by atoms with Crippen LogP contribution in [0.4, 0.5) is 0 Å². The summed E-state index contributed by atoms with van der Waals surface area (Å²) in [5.41, 5.74) is 0.311. The summed E-state index contributed by atoms with van der Waals surface area (Å²) in [6.45, 7) is 10.0. The molecule has 0 bridgehead atoms. The molecule has 0 spiro atoms. The van der Waals surface area contributed by atoms with Crippen molar-refractivity contribution in [3.63, 3.8) is 0 Å². The van der Waals surface area contributed by atoms with E-state index in [9.17, 15) is 0 Å². The molecule has 2 rings (SSSR count). The van der Waals surface area contributed by atoms with Crippen LogP contribution in [-0.4, -0.2) is 24.8 Å². The van der Waals surface area contributed by atoms with Gasteiger partial charge >= 0.3 is 0 Å². The number of nitrogens with one attached hydrogen (secondary N) is 1. The minimum atomic E-state index is 0.311. The standard InChI is InChI=1S/C16H31NO/c1-5-12-9-7-8-10-13(12)17-14-11-15(18-6-2)16(14,3)4/h12-15,17H,5-11H2,1-4H3. The zero-order valence-corrected chi connectivity index (χ0v) is 12.7. The van der Waals surface area contributed by atoms with E-state index in [4.69, 9.17) is 4.74 Å². The summed E-state index contributed by atoms with van der Waals surface area (Å²) in [5.74, 6) is 0.903. The van der Waals surface area contributed by atoms with Gasteiger partial charge in [-0.3, -0.25) is 0 Å². The molecule has 106 valence electrons. The van der Waals surface area contributed by atoms with Gasteiger partial charge in [-0.15, -0.1) is 0 Å². The molecule has 2 heteroatoms. The minimum absolute atomic E-state index is 0.311. The highest BCUT2D eigenvalue weighted by Gasteiger charge is 2.49. The highest BCUT2D eigenvalue weighted by molar-refractivity contribution is 5.04. The summed E-state index contributed by atoms with van der Waals surface area (Å²) in [5, 5.41) is 3.95. The molecule has 0 aromatic carbocycles. The second-order valence-corrected chi connectivity index (χ2v) is 6.78. The second kappa shape index (κ2) is 5.92. The first-order valence-electron chi connectivity index (χ1n) is 7.97. The predicted octanol–water partition coefficient (Wildman–Crippen LogP) is 3.75. The van der Waals surface area contributed by atoms with Crippen molar-refractivity contribution in [3.8, 4) is 0 Å². The van der Waals surface area contributed by atoms with Gasteiger partial charge in [-0.1, -0.05) is 40.0 Å². The van der Waals surface area contributed by atoms with Crippen LogP contribution < -0.4 is 5.32 Å². The topological polar surface area (TPSA) is 21.3 Å². The van der Waals surface area contributed by atoms with Crippen molar-refractivity contribution in [3.05, 3.63) is 0 Å². The van der Waals surface area contributed by atoms with Gasteiger partial charge in [0.15, 0.2) is 0 Å².